The fourth-order valence-electron chi connectivity index (χ4n) is 1.97. The largest absolute Gasteiger partial charge is 0.366 e. The summed E-state index contributed by atoms with van der Waals surface area (Å²) in [5.41, 5.74) is 2.97. The van der Waals surface area contributed by atoms with E-state index in [-0.39, 0.29) is 0 Å². The van der Waals surface area contributed by atoms with E-state index in [1.165, 1.54) is 0 Å². The molecule has 0 fully saturated rings. The van der Waals surface area contributed by atoms with Gasteiger partial charge in [-0.15, -0.1) is 5.10 Å². The lowest BCUT2D eigenvalue weighted by molar-refractivity contribution is 0.755. The van der Waals surface area contributed by atoms with Gasteiger partial charge in [-0.2, -0.15) is 10.1 Å². The standard InChI is InChI=1S/C15H20ClN5/c1-5-11(4)18-13-8-17-21-15(19-13)20-14-10(3)6-9(2)7-12(14)16/h6-8,11H,5H2,1-4H3,(H2,18,19,20,21). The highest BCUT2D eigenvalue weighted by atomic mass is 35.5. The zero-order valence-corrected chi connectivity index (χ0v) is 13.5. The molecule has 0 spiro atoms. The summed E-state index contributed by atoms with van der Waals surface area (Å²) in [5.74, 6) is 1.12. The van der Waals surface area contributed by atoms with E-state index in [2.05, 4.69) is 45.7 Å². The van der Waals surface area contributed by atoms with Gasteiger partial charge >= 0.3 is 0 Å². The molecular weight excluding hydrogens is 286 g/mol. The van der Waals surface area contributed by atoms with Gasteiger partial charge < -0.3 is 10.6 Å². The summed E-state index contributed by atoms with van der Waals surface area (Å²) in [7, 11) is 0. The smallest absolute Gasteiger partial charge is 0.249 e. The van der Waals surface area contributed by atoms with Crippen molar-refractivity contribution in [3.8, 4) is 0 Å². The highest BCUT2D eigenvalue weighted by Crippen LogP contribution is 2.29. The van der Waals surface area contributed by atoms with Gasteiger partial charge in [-0.3, -0.25) is 0 Å². The maximum absolute atomic E-state index is 6.28. The molecule has 0 aliphatic carbocycles. The summed E-state index contributed by atoms with van der Waals surface area (Å²) in [6.45, 7) is 8.21. The number of aryl methyl sites for hydroxylation is 2. The minimum absolute atomic E-state index is 0.333. The van der Waals surface area contributed by atoms with E-state index < -0.39 is 0 Å². The van der Waals surface area contributed by atoms with E-state index in [4.69, 9.17) is 11.6 Å². The molecule has 1 atom stereocenters. The second kappa shape index (κ2) is 6.72. The van der Waals surface area contributed by atoms with Gasteiger partial charge in [-0.05, 0) is 44.4 Å². The van der Waals surface area contributed by atoms with E-state index in [9.17, 15) is 0 Å². The molecule has 2 N–H and O–H groups in total. The van der Waals surface area contributed by atoms with Crippen molar-refractivity contribution in [3.05, 3.63) is 34.5 Å². The molecule has 1 heterocycles. The van der Waals surface area contributed by atoms with Gasteiger partial charge in [-0.1, -0.05) is 24.6 Å². The van der Waals surface area contributed by atoms with Crippen molar-refractivity contribution >= 4 is 29.1 Å². The Balaban J connectivity index is 2.22. The first kappa shape index (κ1) is 15.5. The molecule has 2 rings (SSSR count). The maximum atomic E-state index is 6.28. The predicted octanol–water partition coefficient (Wildman–Crippen LogP) is 4.10. The van der Waals surface area contributed by atoms with E-state index in [0.29, 0.717) is 22.8 Å². The first-order chi connectivity index (χ1) is 9.99. The van der Waals surface area contributed by atoms with E-state index in [0.717, 1.165) is 23.2 Å². The summed E-state index contributed by atoms with van der Waals surface area (Å²) in [6.07, 6.45) is 2.62. The van der Waals surface area contributed by atoms with Crippen LogP contribution in [-0.2, 0) is 0 Å². The quantitative estimate of drug-likeness (QED) is 0.871. The van der Waals surface area contributed by atoms with Crippen LogP contribution < -0.4 is 10.6 Å². The molecule has 0 saturated heterocycles. The van der Waals surface area contributed by atoms with Crippen LogP contribution in [0.4, 0.5) is 17.5 Å². The van der Waals surface area contributed by atoms with Crippen LogP contribution in [0, 0.1) is 13.8 Å². The van der Waals surface area contributed by atoms with Crippen molar-refractivity contribution in [3.63, 3.8) is 0 Å². The molecule has 0 amide bonds. The van der Waals surface area contributed by atoms with Gasteiger partial charge in [-0.25, -0.2) is 0 Å². The third-order valence-corrected chi connectivity index (χ3v) is 3.53. The summed E-state index contributed by atoms with van der Waals surface area (Å²) in [5, 5.41) is 15.0. The number of hydrogen-bond donors (Lipinski definition) is 2. The van der Waals surface area contributed by atoms with E-state index in [1.54, 1.807) is 6.20 Å². The number of hydrogen-bond acceptors (Lipinski definition) is 5. The Morgan fingerprint density at radius 1 is 1.29 bits per heavy atom. The van der Waals surface area contributed by atoms with Crippen LogP contribution in [0.25, 0.3) is 0 Å². The molecule has 1 unspecified atom stereocenters. The first-order valence-electron chi connectivity index (χ1n) is 6.99. The Labute approximate surface area is 130 Å². The summed E-state index contributed by atoms with van der Waals surface area (Å²) in [6, 6.07) is 4.30. The van der Waals surface area contributed by atoms with Gasteiger partial charge in [0.05, 0.1) is 16.9 Å². The zero-order valence-electron chi connectivity index (χ0n) is 12.7. The lowest BCUT2D eigenvalue weighted by Gasteiger charge is -2.14. The van der Waals surface area contributed by atoms with Crippen LogP contribution >= 0.6 is 11.6 Å². The predicted molar refractivity (Wildman–Crippen MR) is 87.4 cm³/mol. The molecule has 5 nitrogen and oxygen atoms in total. The SMILES string of the molecule is CCC(C)Nc1cnnc(Nc2c(C)cc(C)cc2Cl)n1. The number of nitrogens with zero attached hydrogens (tertiary/aromatic N) is 3. The van der Waals surface area contributed by atoms with Crippen molar-refractivity contribution in [2.45, 2.75) is 40.2 Å². The van der Waals surface area contributed by atoms with Gasteiger partial charge in [0.15, 0.2) is 5.82 Å². The fourth-order valence-corrected chi connectivity index (χ4v) is 2.33. The van der Waals surface area contributed by atoms with Crippen molar-refractivity contribution in [1.82, 2.24) is 15.2 Å². The summed E-state index contributed by atoms with van der Waals surface area (Å²) < 4.78 is 0. The monoisotopic (exact) mass is 305 g/mol. The van der Waals surface area contributed by atoms with Crippen molar-refractivity contribution in [1.29, 1.82) is 0 Å². The Hall–Kier alpha value is -1.88. The summed E-state index contributed by atoms with van der Waals surface area (Å²) in [4.78, 5) is 4.41. The fraction of sp³-hybridized carbons (Fsp3) is 0.400. The average Bonchev–Trinajstić information content (AvgIpc) is 2.43. The van der Waals surface area contributed by atoms with Gasteiger partial charge in [0.2, 0.25) is 5.95 Å². The molecule has 6 heteroatoms. The van der Waals surface area contributed by atoms with Crippen LogP contribution in [0.5, 0.6) is 0 Å². The molecule has 1 aromatic heterocycles. The molecule has 0 aliphatic heterocycles. The molecule has 0 radical (unpaired) electrons. The zero-order chi connectivity index (χ0) is 15.4. The second-order valence-corrected chi connectivity index (χ2v) is 5.59. The minimum atomic E-state index is 0.333. The minimum Gasteiger partial charge on any atom is -0.366 e. The van der Waals surface area contributed by atoms with E-state index in [1.807, 2.05) is 19.9 Å². The molecule has 0 saturated carbocycles. The molecule has 112 valence electrons. The Morgan fingerprint density at radius 2 is 2.05 bits per heavy atom. The highest BCUT2D eigenvalue weighted by molar-refractivity contribution is 6.33. The van der Waals surface area contributed by atoms with Crippen LogP contribution in [-0.4, -0.2) is 21.2 Å². The summed E-state index contributed by atoms with van der Waals surface area (Å²) >= 11 is 6.28. The third-order valence-electron chi connectivity index (χ3n) is 3.23. The van der Waals surface area contributed by atoms with Crippen LogP contribution in [0.1, 0.15) is 31.4 Å². The molecule has 0 bridgehead atoms. The lowest BCUT2D eigenvalue weighted by Crippen LogP contribution is -2.15. The van der Waals surface area contributed by atoms with Gasteiger partial charge in [0, 0.05) is 6.04 Å². The Bertz CT molecular complexity index is 606. The third kappa shape index (κ3) is 4.04. The second-order valence-electron chi connectivity index (χ2n) is 5.18. The molecular formula is C15H20ClN5. The Morgan fingerprint density at radius 3 is 2.71 bits per heavy atom. The Kier molecular flexibility index (Phi) is 4.96. The number of benzene rings is 1. The highest BCUT2D eigenvalue weighted by Gasteiger charge is 2.09. The molecule has 0 aliphatic rings. The first-order valence-corrected chi connectivity index (χ1v) is 7.37. The van der Waals surface area contributed by atoms with Gasteiger partial charge in [0.25, 0.3) is 0 Å². The van der Waals surface area contributed by atoms with Gasteiger partial charge in [0.1, 0.15) is 0 Å². The normalized spacial score (nSPS) is 12.0. The maximum Gasteiger partial charge on any atom is 0.249 e. The molecule has 1 aromatic carbocycles. The van der Waals surface area contributed by atoms with Crippen molar-refractivity contribution < 1.29 is 0 Å². The lowest BCUT2D eigenvalue weighted by atomic mass is 10.1. The molecule has 21 heavy (non-hydrogen) atoms. The van der Waals surface area contributed by atoms with Crippen molar-refractivity contribution in [2.75, 3.05) is 10.6 Å². The van der Waals surface area contributed by atoms with E-state index >= 15 is 0 Å². The number of rotatable bonds is 5. The number of aromatic nitrogens is 3. The number of anilines is 3. The number of halogens is 1. The average molecular weight is 306 g/mol. The molecule has 2 aromatic rings. The van der Waals surface area contributed by atoms with Crippen molar-refractivity contribution in [2.24, 2.45) is 0 Å². The van der Waals surface area contributed by atoms with Crippen LogP contribution in [0.15, 0.2) is 18.3 Å². The topological polar surface area (TPSA) is 62.7 Å². The number of nitrogens with one attached hydrogen (secondary N) is 2. The van der Waals surface area contributed by atoms with Crippen LogP contribution in [0.2, 0.25) is 5.02 Å². The van der Waals surface area contributed by atoms with Crippen LogP contribution in [0.3, 0.4) is 0 Å².